The Bertz CT molecular complexity index is 3270. The van der Waals surface area contributed by atoms with Crippen LogP contribution in [0.2, 0.25) is 0 Å². The van der Waals surface area contributed by atoms with Crippen LogP contribution in [0.15, 0.2) is 194 Å². The van der Waals surface area contributed by atoms with Crippen LogP contribution in [0, 0.1) is 0 Å². The molecule has 2 nitrogen and oxygen atoms in total. The molecule has 238 valence electrons. The molecule has 10 rings (SSSR count). The van der Waals surface area contributed by atoms with Crippen LogP contribution >= 0.6 is 0 Å². The van der Waals surface area contributed by atoms with Crippen molar-refractivity contribution in [3.8, 4) is 50.5 Å². The van der Waals surface area contributed by atoms with Crippen molar-refractivity contribution in [2.45, 2.75) is 0 Å². The van der Waals surface area contributed by atoms with Crippen LogP contribution in [0.5, 0.6) is 0 Å². The highest BCUT2D eigenvalue weighted by molar-refractivity contribution is 6.22. The van der Waals surface area contributed by atoms with Crippen molar-refractivity contribution in [1.29, 1.82) is 0 Å². The molecule has 0 fully saturated rings. The molecular formula is C49H32N2. The minimum atomic E-state index is -0.438. The zero-order chi connectivity index (χ0) is 40.7. The highest BCUT2D eigenvalue weighted by atomic mass is 15.1. The lowest BCUT2D eigenvalue weighted by Crippen LogP contribution is -1.99. The number of benzene rings is 9. The molecule has 0 saturated carbocycles. The first-order chi connectivity index (χ1) is 28.7. The second kappa shape index (κ2) is 12.0. The van der Waals surface area contributed by atoms with Gasteiger partial charge in [-0.05, 0) is 78.5 Å². The van der Waals surface area contributed by atoms with Gasteiger partial charge in [0.1, 0.15) is 5.82 Å². The molecule has 51 heavy (non-hydrogen) atoms. The van der Waals surface area contributed by atoms with E-state index in [1.165, 1.54) is 0 Å². The third-order valence-corrected chi connectivity index (χ3v) is 9.66. The Hall–Kier alpha value is -6.77. The molecular weight excluding hydrogens is 617 g/mol. The summed E-state index contributed by atoms with van der Waals surface area (Å²) in [5.74, 6) is 0.695. The molecule has 0 bridgehead atoms. The van der Waals surface area contributed by atoms with Gasteiger partial charge in [0.15, 0.2) is 0 Å². The molecule has 0 radical (unpaired) electrons. The molecule has 0 unspecified atom stereocenters. The molecule has 0 N–H and O–H groups in total. The standard InChI is InChI=1S/C49H32N2/c1-2-15-33(16-3-1)37-19-6-7-21-39(37)48-42-24-10-8-22-40(42)47(41-23-9-11-25-43(41)48)35-29-31-36(32-30-35)49-50-44-26-12-13-27-46(44)51(49)45-28-14-18-34-17-4-5-20-38(34)45/h1-32H/i8D,9D,10D,11D,22D,23D,24D,25D. The van der Waals surface area contributed by atoms with Gasteiger partial charge in [-0.25, -0.2) is 4.98 Å². The minimum absolute atomic E-state index is 0.169. The average molecular weight is 657 g/mol. The quantitative estimate of drug-likeness (QED) is 0.169. The second-order valence-corrected chi connectivity index (χ2v) is 12.5. The van der Waals surface area contributed by atoms with E-state index in [4.69, 9.17) is 10.5 Å². The van der Waals surface area contributed by atoms with E-state index >= 15 is 0 Å². The number of rotatable bonds is 5. The molecule has 2 heteroatoms. The fourth-order valence-corrected chi connectivity index (χ4v) is 7.41. The zero-order valence-electron chi connectivity index (χ0n) is 35.3. The zero-order valence-corrected chi connectivity index (χ0v) is 27.3. The number of imidazole rings is 1. The van der Waals surface area contributed by atoms with Crippen LogP contribution in [0.25, 0.3) is 93.8 Å². The number of hydrogen-bond donors (Lipinski definition) is 0. The molecule has 0 saturated heterocycles. The Morgan fingerprint density at radius 1 is 0.412 bits per heavy atom. The summed E-state index contributed by atoms with van der Waals surface area (Å²) in [6, 6.07) is 44.0. The van der Waals surface area contributed by atoms with Gasteiger partial charge in [-0.1, -0.05) is 176 Å². The smallest absolute Gasteiger partial charge is 0.145 e. The van der Waals surface area contributed by atoms with E-state index in [1.807, 2.05) is 121 Å². The van der Waals surface area contributed by atoms with Crippen molar-refractivity contribution in [2.75, 3.05) is 0 Å². The highest BCUT2D eigenvalue weighted by Gasteiger charge is 2.20. The van der Waals surface area contributed by atoms with E-state index in [0.29, 0.717) is 28.1 Å². The van der Waals surface area contributed by atoms with Gasteiger partial charge < -0.3 is 0 Å². The predicted octanol–water partition coefficient (Wildman–Crippen LogP) is 13.2. The summed E-state index contributed by atoms with van der Waals surface area (Å²) in [7, 11) is 0. The summed E-state index contributed by atoms with van der Waals surface area (Å²) in [6.07, 6.45) is 0. The van der Waals surface area contributed by atoms with Gasteiger partial charge in [-0.3, -0.25) is 4.57 Å². The Labute approximate surface area is 307 Å². The summed E-state index contributed by atoms with van der Waals surface area (Å²) < 4.78 is 75.2. The second-order valence-electron chi connectivity index (χ2n) is 12.5. The van der Waals surface area contributed by atoms with Crippen LogP contribution in [0.1, 0.15) is 11.0 Å². The maximum absolute atomic E-state index is 9.42. The van der Waals surface area contributed by atoms with Crippen molar-refractivity contribution >= 4 is 43.4 Å². The first kappa shape index (κ1) is 22.0. The molecule has 0 atom stereocenters. The third-order valence-electron chi connectivity index (χ3n) is 9.66. The van der Waals surface area contributed by atoms with Gasteiger partial charge >= 0.3 is 0 Å². The van der Waals surface area contributed by atoms with Gasteiger partial charge in [0.25, 0.3) is 0 Å². The molecule has 0 aliphatic rings. The normalized spacial score (nSPS) is 13.7. The summed E-state index contributed by atoms with van der Waals surface area (Å²) in [5.41, 5.74) is 6.80. The van der Waals surface area contributed by atoms with Crippen molar-refractivity contribution < 1.29 is 11.0 Å². The lowest BCUT2D eigenvalue weighted by atomic mass is 9.84. The summed E-state index contributed by atoms with van der Waals surface area (Å²) in [5, 5.41) is 2.84. The van der Waals surface area contributed by atoms with Gasteiger partial charge in [0.2, 0.25) is 0 Å². The van der Waals surface area contributed by atoms with Gasteiger partial charge in [0, 0.05) is 10.9 Å². The Balaban J connectivity index is 1.30. The Morgan fingerprint density at radius 2 is 0.980 bits per heavy atom. The lowest BCUT2D eigenvalue weighted by molar-refractivity contribution is 1.11. The van der Waals surface area contributed by atoms with Crippen molar-refractivity contribution in [2.24, 2.45) is 0 Å². The van der Waals surface area contributed by atoms with Crippen molar-refractivity contribution in [3.63, 3.8) is 0 Å². The Kier molecular flexibility index (Phi) is 5.18. The minimum Gasteiger partial charge on any atom is -0.292 e. The molecule has 0 spiro atoms. The SMILES string of the molecule is [2H]c1c([2H])c([2H])c2c(-c3ccccc3-c3ccccc3)c3c([2H])c([2H])c([2H])c([2H])c3c(-c3ccc(-c4nc5ccccc5n4-c4cccc5ccccc45)cc3)c2c1[2H]. The molecule has 1 heterocycles. The lowest BCUT2D eigenvalue weighted by Gasteiger charge is -2.20. The number of nitrogens with zero attached hydrogens (tertiary/aromatic N) is 2. The first-order valence-electron chi connectivity index (χ1n) is 20.8. The van der Waals surface area contributed by atoms with Crippen LogP contribution in [0.3, 0.4) is 0 Å². The van der Waals surface area contributed by atoms with Crippen molar-refractivity contribution in [1.82, 2.24) is 9.55 Å². The van der Waals surface area contributed by atoms with E-state index in [0.717, 1.165) is 44.2 Å². The topological polar surface area (TPSA) is 17.8 Å². The van der Waals surface area contributed by atoms with Crippen LogP contribution < -0.4 is 0 Å². The number of fused-ring (bicyclic) bond motifs is 4. The molecule has 0 amide bonds. The maximum atomic E-state index is 9.42. The van der Waals surface area contributed by atoms with Crippen LogP contribution in [-0.2, 0) is 0 Å². The molecule has 0 aliphatic heterocycles. The summed E-state index contributed by atoms with van der Waals surface area (Å²) >= 11 is 0. The molecule has 1 aromatic heterocycles. The van der Waals surface area contributed by atoms with E-state index < -0.39 is 24.2 Å². The number of hydrogen-bond acceptors (Lipinski definition) is 1. The largest absolute Gasteiger partial charge is 0.292 e. The van der Waals surface area contributed by atoms with Crippen molar-refractivity contribution in [3.05, 3.63) is 194 Å². The monoisotopic (exact) mass is 656 g/mol. The molecule has 9 aromatic carbocycles. The maximum Gasteiger partial charge on any atom is 0.145 e. The number of aromatic nitrogens is 2. The third kappa shape index (κ3) is 4.76. The average Bonchev–Trinajstić information content (AvgIpc) is 3.67. The van der Waals surface area contributed by atoms with E-state index in [9.17, 15) is 5.48 Å². The van der Waals surface area contributed by atoms with Crippen LogP contribution in [0.4, 0.5) is 0 Å². The molecule has 0 aliphatic carbocycles. The van der Waals surface area contributed by atoms with E-state index in [1.54, 1.807) is 0 Å². The fourth-order valence-electron chi connectivity index (χ4n) is 7.41. The fraction of sp³-hybridized carbons (Fsp3) is 0. The van der Waals surface area contributed by atoms with Crippen LogP contribution in [-0.4, -0.2) is 9.55 Å². The van der Waals surface area contributed by atoms with Gasteiger partial charge in [-0.15, -0.1) is 0 Å². The Morgan fingerprint density at radius 3 is 1.73 bits per heavy atom. The predicted molar refractivity (Wildman–Crippen MR) is 215 cm³/mol. The number of para-hydroxylation sites is 2. The van der Waals surface area contributed by atoms with E-state index in [2.05, 4.69) is 28.8 Å². The summed E-state index contributed by atoms with van der Waals surface area (Å²) in [6.45, 7) is 0. The first-order valence-corrected chi connectivity index (χ1v) is 16.8. The van der Waals surface area contributed by atoms with E-state index in [-0.39, 0.29) is 45.7 Å². The molecule has 10 aromatic rings. The summed E-state index contributed by atoms with van der Waals surface area (Å²) in [4.78, 5) is 5.10. The van der Waals surface area contributed by atoms with Gasteiger partial charge in [0.05, 0.1) is 27.7 Å². The highest BCUT2D eigenvalue weighted by Crippen LogP contribution is 2.46. The van der Waals surface area contributed by atoms with Gasteiger partial charge in [-0.2, -0.15) is 0 Å².